The van der Waals surface area contributed by atoms with Crippen LogP contribution in [-0.4, -0.2) is 35.2 Å². The van der Waals surface area contributed by atoms with Crippen LogP contribution in [0.15, 0.2) is 0 Å². The fraction of sp³-hybridized carbons (Fsp3) is 0.667. The fourth-order valence-corrected chi connectivity index (χ4v) is 3.00. The van der Waals surface area contributed by atoms with Gasteiger partial charge in [-0.2, -0.15) is 11.8 Å². The molecule has 0 radical (unpaired) electrons. The van der Waals surface area contributed by atoms with E-state index in [0.29, 0.717) is 11.2 Å². The second-order valence-corrected chi connectivity index (χ2v) is 5.61. The summed E-state index contributed by atoms with van der Waals surface area (Å²) in [6.07, 6.45) is 2.08. The summed E-state index contributed by atoms with van der Waals surface area (Å²) in [5.74, 6) is 1.04. The lowest BCUT2D eigenvalue weighted by Crippen LogP contribution is -2.30. The highest BCUT2D eigenvalue weighted by Crippen LogP contribution is 2.30. The maximum atomic E-state index is 9.02. The number of aliphatic hydroxyl groups is 1. The predicted molar refractivity (Wildman–Crippen MR) is 69.3 cm³/mol. The maximum Gasteiger partial charge on any atom is 0.187 e. The van der Waals surface area contributed by atoms with Crippen molar-refractivity contribution in [3.05, 3.63) is 10.0 Å². The normalized spacial score (nSPS) is 12.9. The van der Waals surface area contributed by atoms with Gasteiger partial charge in [0.15, 0.2) is 5.13 Å². The Kier molecular flexibility index (Phi) is 5.18. The molecule has 0 fully saturated rings. The smallest absolute Gasteiger partial charge is 0.187 e. The maximum absolute atomic E-state index is 9.02. The topological polar surface area (TPSA) is 36.4 Å². The van der Waals surface area contributed by atoms with E-state index >= 15 is 0 Å². The lowest BCUT2D eigenvalue weighted by molar-refractivity contribution is 0.285. The van der Waals surface area contributed by atoms with Crippen molar-refractivity contribution in [1.29, 1.82) is 0 Å². The van der Waals surface area contributed by atoms with Gasteiger partial charge in [0.25, 0.3) is 0 Å². The highest BCUT2D eigenvalue weighted by Gasteiger charge is 2.15. The van der Waals surface area contributed by atoms with Gasteiger partial charge in [-0.25, -0.2) is 4.98 Å². The summed E-state index contributed by atoms with van der Waals surface area (Å²) >= 11 is 9.13. The molecule has 1 unspecified atom stereocenters. The molecule has 0 aliphatic heterocycles. The highest BCUT2D eigenvalue weighted by molar-refractivity contribution is 7.98. The van der Waals surface area contributed by atoms with Crippen molar-refractivity contribution in [3.8, 4) is 0 Å². The predicted octanol–water partition coefficient (Wildman–Crippen LogP) is 2.48. The van der Waals surface area contributed by atoms with Crippen molar-refractivity contribution in [2.24, 2.45) is 0 Å². The van der Waals surface area contributed by atoms with Gasteiger partial charge in [-0.05, 0) is 13.2 Å². The summed E-state index contributed by atoms with van der Waals surface area (Å²) in [6.45, 7) is 2.10. The van der Waals surface area contributed by atoms with Crippen LogP contribution in [-0.2, 0) is 6.61 Å². The fourth-order valence-electron chi connectivity index (χ4n) is 1.11. The molecule has 86 valence electrons. The number of halogens is 1. The zero-order chi connectivity index (χ0) is 11.4. The SMILES string of the molecule is CSCC(C)N(C)c1nc(Cl)c(CO)s1. The minimum Gasteiger partial charge on any atom is -0.391 e. The third kappa shape index (κ3) is 3.24. The molecule has 1 N–H and O–H groups in total. The number of thioether (sulfide) groups is 1. The number of rotatable bonds is 5. The Balaban J connectivity index is 2.77. The van der Waals surface area contributed by atoms with E-state index in [1.54, 1.807) is 11.8 Å². The Morgan fingerprint density at radius 1 is 1.67 bits per heavy atom. The summed E-state index contributed by atoms with van der Waals surface area (Å²) in [7, 11) is 2.00. The van der Waals surface area contributed by atoms with Gasteiger partial charge >= 0.3 is 0 Å². The van der Waals surface area contributed by atoms with E-state index in [1.165, 1.54) is 11.3 Å². The molecule has 15 heavy (non-hydrogen) atoms. The van der Waals surface area contributed by atoms with E-state index < -0.39 is 0 Å². The van der Waals surface area contributed by atoms with Gasteiger partial charge in [-0.1, -0.05) is 22.9 Å². The van der Waals surface area contributed by atoms with Gasteiger partial charge in [0.05, 0.1) is 11.5 Å². The van der Waals surface area contributed by atoms with Gasteiger partial charge in [0, 0.05) is 18.8 Å². The number of aromatic nitrogens is 1. The minimum atomic E-state index is -0.0404. The Morgan fingerprint density at radius 3 is 2.80 bits per heavy atom. The molecule has 0 bridgehead atoms. The first kappa shape index (κ1) is 13.1. The number of thiazole rings is 1. The van der Waals surface area contributed by atoms with Crippen LogP contribution in [0.25, 0.3) is 0 Å². The molecule has 0 aliphatic rings. The largest absolute Gasteiger partial charge is 0.391 e. The summed E-state index contributed by atoms with van der Waals surface area (Å²) in [6, 6.07) is 0.411. The first-order valence-corrected chi connectivity index (χ1v) is 7.16. The van der Waals surface area contributed by atoms with Crippen LogP contribution in [0, 0.1) is 0 Å². The molecular weight excluding hydrogens is 252 g/mol. The number of hydrogen-bond acceptors (Lipinski definition) is 5. The minimum absolute atomic E-state index is 0.0404. The summed E-state index contributed by atoms with van der Waals surface area (Å²) in [5, 5.41) is 10.3. The molecule has 1 heterocycles. The van der Waals surface area contributed by atoms with E-state index in [2.05, 4.69) is 23.1 Å². The van der Waals surface area contributed by atoms with E-state index in [4.69, 9.17) is 16.7 Å². The molecule has 1 aromatic heterocycles. The first-order valence-electron chi connectivity index (χ1n) is 4.58. The van der Waals surface area contributed by atoms with Crippen molar-refractivity contribution < 1.29 is 5.11 Å². The first-order chi connectivity index (χ1) is 7.10. The molecule has 0 saturated heterocycles. The molecule has 0 aromatic carbocycles. The Morgan fingerprint density at radius 2 is 2.33 bits per heavy atom. The molecule has 1 atom stereocenters. The third-order valence-electron chi connectivity index (χ3n) is 2.15. The standard InChI is InChI=1S/C9H15ClN2OS2/c1-6(5-14-3)12(2)9-11-8(10)7(4-13)15-9/h6,13H,4-5H2,1-3H3. The van der Waals surface area contributed by atoms with Gasteiger partial charge in [-0.15, -0.1) is 0 Å². The second-order valence-electron chi connectivity index (χ2n) is 3.28. The quantitative estimate of drug-likeness (QED) is 0.888. The van der Waals surface area contributed by atoms with Crippen molar-refractivity contribution in [2.75, 3.05) is 24.0 Å². The van der Waals surface area contributed by atoms with Crippen LogP contribution in [0.4, 0.5) is 5.13 Å². The molecular formula is C9H15ClN2OS2. The molecule has 0 saturated carbocycles. The lowest BCUT2D eigenvalue weighted by atomic mass is 10.4. The average molecular weight is 267 g/mol. The van der Waals surface area contributed by atoms with Gasteiger partial charge in [-0.3, -0.25) is 0 Å². The van der Waals surface area contributed by atoms with Crippen molar-refractivity contribution in [1.82, 2.24) is 4.98 Å². The number of anilines is 1. The molecule has 0 amide bonds. The summed E-state index contributed by atoms with van der Waals surface area (Å²) in [5.41, 5.74) is 0. The Hall–Kier alpha value is 0.0300. The molecule has 0 spiro atoms. The highest BCUT2D eigenvalue weighted by atomic mass is 35.5. The van der Waals surface area contributed by atoms with Crippen molar-refractivity contribution >= 4 is 39.8 Å². The molecule has 3 nitrogen and oxygen atoms in total. The Bertz CT molecular complexity index is 319. The number of nitrogens with zero attached hydrogens (tertiary/aromatic N) is 2. The summed E-state index contributed by atoms with van der Waals surface area (Å²) in [4.78, 5) is 7.05. The van der Waals surface area contributed by atoms with Crippen molar-refractivity contribution in [2.45, 2.75) is 19.6 Å². The van der Waals surface area contributed by atoms with Gasteiger partial charge in [0.1, 0.15) is 5.15 Å². The zero-order valence-electron chi connectivity index (χ0n) is 9.03. The van der Waals surface area contributed by atoms with Crippen LogP contribution >= 0.6 is 34.7 Å². The summed E-state index contributed by atoms with van der Waals surface area (Å²) < 4.78 is 0. The Labute approximate surface area is 103 Å². The molecule has 1 aromatic rings. The van der Waals surface area contributed by atoms with E-state index in [1.807, 2.05) is 7.05 Å². The zero-order valence-corrected chi connectivity index (χ0v) is 11.4. The van der Waals surface area contributed by atoms with Crippen LogP contribution in [0.1, 0.15) is 11.8 Å². The van der Waals surface area contributed by atoms with Crippen LogP contribution in [0.5, 0.6) is 0 Å². The molecule has 1 rings (SSSR count). The number of hydrogen-bond donors (Lipinski definition) is 1. The monoisotopic (exact) mass is 266 g/mol. The molecule has 6 heteroatoms. The van der Waals surface area contributed by atoms with E-state index in [0.717, 1.165) is 15.8 Å². The van der Waals surface area contributed by atoms with Crippen molar-refractivity contribution in [3.63, 3.8) is 0 Å². The van der Waals surface area contributed by atoms with Crippen LogP contribution in [0.2, 0.25) is 5.15 Å². The van der Waals surface area contributed by atoms with Gasteiger partial charge < -0.3 is 10.0 Å². The number of aliphatic hydroxyl groups excluding tert-OH is 1. The third-order valence-corrected chi connectivity index (χ3v) is 4.52. The molecule has 0 aliphatic carbocycles. The van der Waals surface area contributed by atoms with E-state index in [9.17, 15) is 0 Å². The lowest BCUT2D eigenvalue weighted by Gasteiger charge is -2.23. The van der Waals surface area contributed by atoms with Crippen LogP contribution in [0.3, 0.4) is 0 Å². The van der Waals surface area contributed by atoms with Gasteiger partial charge in [0.2, 0.25) is 0 Å². The van der Waals surface area contributed by atoms with Crippen LogP contribution < -0.4 is 4.90 Å². The average Bonchev–Trinajstić information content (AvgIpc) is 2.59. The second kappa shape index (κ2) is 5.94. The van der Waals surface area contributed by atoms with E-state index in [-0.39, 0.29) is 6.61 Å².